The lowest BCUT2D eigenvalue weighted by atomic mass is 10.3. The van der Waals surface area contributed by atoms with Crippen molar-refractivity contribution in [2.24, 2.45) is 7.05 Å². The number of carbonyl (C=O) groups is 1. The number of halogens is 3. The van der Waals surface area contributed by atoms with Crippen LogP contribution in [0.25, 0.3) is 0 Å². The number of rotatable bonds is 5. The predicted molar refractivity (Wildman–Crippen MR) is 73.3 cm³/mol. The summed E-state index contributed by atoms with van der Waals surface area (Å²) in [5.41, 5.74) is -0.363. The number of hydrogen-bond donors (Lipinski definition) is 2. The number of aromatic nitrogens is 3. The molecule has 0 saturated carbocycles. The van der Waals surface area contributed by atoms with E-state index in [1.165, 1.54) is 16.9 Å². The van der Waals surface area contributed by atoms with Gasteiger partial charge in [0.05, 0.1) is 17.3 Å². The zero-order valence-electron chi connectivity index (χ0n) is 11.7. The molecule has 2 rings (SSSR count). The number of aryl methyl sites for hydroxylation is 1. The summed E-state index contributed by atoms with van der Waals surface area (Å²) in [4.78, 5) is 15.4. The number of pyridine rings is 1. The van der Waals surface area contributed by atoms with E-state index in [1.54, 1.807) is 13.2 Å². The SMILES string of the molecule is Cn1cc(C(=O)NCCNc2ccc(C(F)(F)F)cn2)cn1. The second-order valence-electron chi connectivity index (χ2n) is 4.52. The lowest BCUT2D eigenvalue weighted by Crippen LogP contribution is -2.28. The minimum atomic E-state index is -4.40. The van der Waals surface area contributed by atoms with Crippen LogP contribution in [-0.2, 0) is 13.2 Å². The van der Waals surface area contributed by atoms with Gasteiger partial charge in [-0.05, 0) is 12.1 Å². The molecule has 0 saturated heterocycles. The third kappa shape index (κ3) is 4.21. The Morgan fingerprint density at radius 3 is 2.59 bits per heavy atom. The molecular weight excluding hydrogens is 299 g/mol. The molecule has 0 spiro atoms. The number of anilines is 1. The molecule has 9 heteroatoms. The highest BCUT2D eigenvalue weighted by atomic mass is 19.4. The van der Waals surface area contributed by atoms with Crippen molar-refractivity contribution in [1.82, 2.24) is 20.1 Å². The fourth-order valence-electron chi connectivity index (χ4n) is 1.67. The van der Waals surface area contributed by atoms with Crippen molar-refractivity contribution < 1.29 is 18.0 Å². The van der Waals surface area contributed by atoms with E-state index in [0.29, 0.717) is 24.5 Å². The lowest BCUT2D eigenvalue weighted by Gasteiger charge is -2.09. The summed E-state index contributed by atoms with van der Waals surface area (Å²) in [7, 11) is 1.70. The summed E-state index contributed by atoms with van der Waals surface area (Å²) in [5, 5.41) is 9.36. The first-order valence-corrected chi connectivity index (χ1v) is 6.40. The van der Waals surface area contributed by atoms with Crippen LogP contribution in [-0.4, -0.2) is 33.8 Å². The van der Waals surface area contributed by atoms with Crippen molar-refractivity contribution >= 4 is 11.7 Å². The van der Waals surface area contributed by atoms with Gasteiger partial charge >= 0.3 is 6.18 Å². The molecule has 22 heavy (non-hydrogen) atoms. The molecule has 118 valence electrons. The average Bonchev–Trinajstić information content (AvgIpc) is 2.89. The molecule has 2 aromatic rings. The molecule has 0 fully saturated rings. The van der Waals surface area contributed by atoms with Crippen LogP contribution in [0.2, 0.25) is 0 Å². The fraction of sp³-hybridized carbons (Fsp3) is 0.308. The van der Waals surface area contributed by atoms with Crippen LogP contribution >= 0.6 is 0 Å². The Hall–Kier alpha value is -2.58. The van der Waals surface area contributed by atoms with E-state index >= 15 is 0 Å². The van der Waals surface area contributed by atoms with Crippen molar-refractivity contribution in [1.29, 1.82) is 0 Å². The summed E-state index contributed by atoms with van der Waals surface area (Å²) in [6.07, 6.45) is -0.611. The van der Waals surface area contributed by atoms with Crippen LogP contribution in [0.1, 0.15) is 15.9 Å². The van der Waals surface area contributed by atoms with E-state index < -0.39 is 11.7 Å². The largest absolute Gasteiger partial charge is 0.417 e. The zero-order valence-corrected chi connectivity index (χ0v) is 11.7. The third-order valence-corrected chi connectivity index (χ3v) is 2.77. The molecule has 2 N–H and O–H groups in total. The second-order valence-corrected chi connectivity index (χ2v) is 4.52. The number of amides is 1. The minimum absolute atomic E-state index is 0.268. The second kappa shape index (κ2) is 6.46. The van der Waals surface area contributed by atoms with Gasteiger partial charge in [-0.25, -0.2) is 4.98 Å². The van der Waals surface area contributed by atoms with Crippen molar-refractivity contribution in [3.63, 3.8) is 0 Å². The van der Waals surface area contributed by atoms with Gasteiger partial charge in [-0.1, -0.05) is 0 Å². The van der Waals surface area contributed by atoms with E-state index in [-0.39, 0.29) is 5.91 Å². The maximum atomic E-state index is 12.4. The maximum absolute atomic E-state index is 12.4. The van der Waals surface area contributed by atoms with Gasteiger partial charge < -0.3 is 10.6 Å². The molecule has 0 aliphatic carbocycles. The molecule has 1 amide bonds. The van der Waals surface area contributed by atoms with E-state index in [2.05, 4.69) is 20.7 Å². The van der Waals surface area contributed by atoms with E-state index in [4.69, 9.17) is 0 Å². The molecule has 0 atom stereocenters. The van der Waals surface area contributed by atoms with Gasteiger partial charge in [-0.2, -0.15) is 18.3 Å². The Labute approximate surface area is 124 Å². The van der Waals surface area contributed by atoms with Crippen molar-refractivity contribution in [3.05, 3.63) is 41.9 Å². The topological polar surface area (TPSA) is 71.8 Å². The van der Waals surface area contributed by atoms with Crippen molar-refractivity contribution in [2.75, 3.05) is 18.4 Å². The van der Waals surface area contributed by atoms with Crippen LogP contribution in [0.5, 0.6) is 0 Å². The number of hydrogen-bond acceptors (Lipinski definition) is 4. The first-order chi connectivity index (χ1) is 10.4. The fourth-order valence-corrected chi connectivity index (χ4v) is 1.67. The zero-order chi connectivity index (χ0) is 16.2. The summed E-state index contributed by atoms with van der Waals surface area (Å²) < 4.78 is 38.6. The van der Waals surface area contributed by atoms with Gasteiger partial charge in [0, 0.05) is 32.5 Å². The summed E-state index contributed by atoms with van der Waals surface area (Å²) >= 11 is 0. The molecule has 0 aliphatic heterocycles. The van der Waals surface area contributed by atoms with Gasteiger partial charge in [0.1, 0.15) is 5.82 Å². The Balaban J connectivity index is 1.76. The Morgan fingerprint density at radius 2 is 2.05 bits per heavy atom. The van der Waals surface area contributed by atoms with Crippen molar-refractivity contribution in [2.45, 2.75) is 6.18 Å². The Kier molecular flexibility index (Phi) is 4.64. The number of carbonyl (C=O) groups excluding carboxylic acids is 1. The molecule has 0 bridgehead atoms. The lowest BCUT2D eigenvalue weighted by molar-refractivity contribution is -0.137. The monoisotopic (exact) mass is 313 g/mol. The molecule has 0 aliphatic rings. The molecule has 0 radical (unpaired) electrons. The van der Waals surface area contributed by atoms with Crippen molar-refractivity contribution in [3.8, 4) is 0 Å². The minimum Gasteiger partial charge on any atom is -0.368 e. The standard InChI is InChI=1S/C13H14F3N5O/c1-21-8-9(6-20-21)12(22)18-5-4-17-11-3-2-10(7-19-11)13(14,15)16/h2-3,6-8H,4-5H2,1H3,(H,17,19)(H,18,22). The number of alkyl halides is 3. The summed E-state index contributed by atoms with van der Waals surface area (Å²) in [6, 6.07) is 2.19. The van der Waals surface area contributed by atoms with Crippen LogP contribution in [0.15, 0.2) is 30.7 Å². The summed E-state index contributed by atoms with van der Waals surface area (Å²) in [6.45, 7) is 0.640. The van der Waals surface area contributed by atoms with Gasteiger partial charge in [-0.15, -0.1) is 0 Å². The smallest absolute Gasteiger partial charge is 0.368 e. The van der Waals surface area contributed by atoms with Gasteiger partial charge in [0.25, 0.3) is 5.91 Å². The molecule has 6 nitrogen and oxygen atoms in total. The van der Waals surface area contributed by atoms with E-state index in [0.717, 1.165) is 12.3 Å². The van der Waals surface area contributed by atoms with Crippen LogP contribution in [0.3, 0.4) is 0 Å². The number of nitrogens with zero attached hydrogens (tertiary/aromatic N) is 3. The third-order valence-electron chi connectivity index (χ3n) is 2.77. The molecule has 2 aromatic heterocycles. The van der Waals surface area contributed by atoms with E-state index in [1.807, 2.05) is 0 Å². The highest BCUT2D eigenvalue weighted by molar-refractivity contribution is 5.93. The molecule has 0 aromatic carbocycles. The first kappa shape index (κ1) is 15.8. The van der Waals surface area contributed by atoms with Gasteiger partial charge in [0.15, 0.2) is 0 Å². The van der Waals surface area contributed by atoms with Crippen LogP contribution < -0.4 is 10.6 Å². The van der Waals surface area contributed by atoms with Gasteiger partial charge in [-0.3, -0.25) is 9.48 Å². The number of nitrogens with one attached hydrogen (secondary N) is 2. The predicted octanol–water partition coefficient (Wildman–Crippen LogP) is 1.68. The Bertz CT molecular complexity index is 636. The maximum Gasteiger partial charge on any atom is 0.417 e. The summed E-state index contributed by atoms with van der Waals surface area (Å²) in [5.74, 6) is 0.0407. The van der Waals surface area contributed by atoms with Gasteiger partial charge in [0.2, 0.25) is 0 Å². The molecular formula is C13H14F3N5O. The normalized spacial score (nSPS) is 11.3. The molecule has 0 unspecified atom stereocenters. The van der Waals surface area contributed by atoms with Crippen LogP contribution in [0, 0.1) is 0 Å². The first-order valence-electron chi connectivity index (χ1n) is 6.40. The van der Waals surface area contributed by atoms with Crippen LogP contribution in [0.4, 0.5) is 19.0 Å². The molecule has 2 heterocycles. The Morgan fingerprint density at radius 1 is 1.27 bits per heavy atom. The average molecular weight is 313 g/mol. The highest BCUT2D eigenvalue weighted by Crippen LogP contribution is 2.28. The highest BCUT2D eigenvalue weighted by Gasteiger charge is 2.30. The quantitative estimate of drug-likeness (QED) is 0.824. The van der Waals surface area contributed by atoms with E-state index in [9.17, 15) is 18.0 Å².